The molecule has 0 radical (unpaired) electrons. The summed E-state index contributed by atoms with van der Waals surface area (Å²) in [5.74, 6) is -2.50. The summed E-state index contributed by atoms with van der Waals surface area (Å²) in [5.41, 5.74) is -0.551. The molecule has 12 heteroatoms. The van der Waals surface area contributed by atoms with E-state index in [1.165, 1.54) is 0 Å². The van der Waals surface area contributed by atoms with E-state index < -0.39 is 54.3 Å². The third-order valence-corrected chi connectivity index (χ3v) is 7.77. The lowest BCUT2D eigenvalue weighted by atomic mass is 9.89. The zero-order valence-electron chi connectivity index (χ0n) is 26.5. The van der Waals surface area contributed by atoms with Gasteiger partial charge in [-0.1, -0.05) is 79.7 Å². The Balaban J connectivity index is 1.35. The molecule has 1 aliphatic rings. The fourth-order valence-electron chi connectivity index (χ4n) is 5.18. The molecular weight excluding hydrogens is 616 g/mol. The van der Waals surface area contributed by atoms with Gasteiger partial charge in [-0.3, -0.25) is 19.2 Å². The van der Waals surface area contributed by atoms with Crippen LogP contribution in [-0.4, -0.2) is 70.3 Å². The number of aromatic nitrogens is 1. The number of carboxylic acids is 1. The molecule has 4 aromatic rings. The van der Waals surface area contributed by atoms with Crippen molar-refractivity contribution in [3.8, 4) is 11.5 Å². The number of para-hydroxylation sites is 3. The van der Waals surface area contributed by atoms with Gasteiger partial charge in [0.2, 0.25) is 0 Å². The minimum absolute atomic E-state index is 0.117. The van der Waals surface area contributed by atoms with Crippen molar-refractivity contribution in [2.45, 2.75) is 44.4 Å². The van der Waals surface area contributed by atoms with Crippen LogP contribution in [-0.2, 0) is 19.2 Å². The molecule has 0 fully saturated rings. The smallest absolute Gasteiger partial charge is 0.305 e. The van der Waals surface area contributed by atoms with E-state index in [2.05, 4.69) is 20.8 Å². The van der Waals surface area contributed by atoms with Crippen molar-refractivity contribution in [2.75, 3.05) is 13.2 Å². The number of amides is 2. The Morgan fingerprint density at radius 3 is 2.17 bits per heavy atom. The maximum absolute atomic E-state index is 14.0. The number of ether oxygens (including phenoxy) is 2. The topological polar surface area (TPSA) is 166 Å². The second-order valence-electron chi connectivity index (χ2n) is 11.7. The van der Waals surface area contributed by atoms with Gasteiger partial charge >= 0.3 is 5.97 Å². The predicted molar refractivity (Wildman–Crippen MR) is 177 cm³/mol. The van der Waals surface area contributed by atoms with Gasteiger partial charge in [0.1, 0.15) is 36.4 Å². The number of fused-ring (bicyclic) bond motifs is 1. The molecule has 3 aromatic carbocycles. The second kappa shape index (κ2) is 15.2. The van der Waals surface area contributed by atoms with Gasteiger partial charge in [-0.2, -0.15) is 0 Å². The molecular formula is C36H36N4O8. The number of carboxylic acid groups (broad SMARTS) is 1. The maximum atomic E-state index is 14.0. The molecule has 1 aliphatic heterocycles. The molecule has 1 aromatic heterocycles. The number of Topliss-reactive ketones (excluding diaryl/α,β-unsaturated/α-hetero) is 1. The Morgan fingerprint density at radius 1 is 0.854 bits per heavy atom. The first kappa shape index (κ1) is 33.6. The van der Waals surface area contributed by atoms with Gasteiger partial charge < -0.3 is 30.1 Å². The summed E-state index contributed by atoms with van der Waals surface area (Å²) >= 11 is 0. The number of rotatable bonds is 15. The number of hydrogen-bond acceptors (Lipinski definition) is 9. The summed E-state index contributed by atoms with van der Waals surface area (Å²) < 4.78 is 11.5. The molecule has 0 spiro atoms. The number of carbonyl (C=O) groups is 4. The first-order chi connectivity index (χ1) is 23.1. The second-order valence-corrected chi connectivity index (χ2v) is 11.7. The van der Waals surface area contributed by atoms with E-state index in [9.17, 15) is 24.3 Å². The number of hydrogen-bond donors (Lipinski definition) is 3. The first-order valence-electron chi connectivity index (χ1n) is 15.5. The summed E-state index contributed by atoms with van der Waals surface area (Å²) in [4.78, 5) is 62.5. The Labute approximate surface area is 277 Å². The van der Waals surface area contributed by atoms with Crippen molar-refractivity contribution in [2.24, 2.45) is 11.1 Å². The zero-order chi connectivity index (χ0) is 34.1. The average molecular weight is 653 g/mol. The minimum atomic E-state index is -1.79. The summed E-state index contributed by atoms with van der Waals surface area (Å²) in [5, 5.41) is 20.2. The number of nitrogens with zero attached hydrogens (tertiary/aromatic N) is 2. The molecule has 0 aliphatic carbocycles. The van der Waals surface area contributed by atoms with Gasteiger partial charge in [0, 0.05) is 11.8 Å². The van der Waals surface area contributed by atoms with Crippen LogP contribution in [0.3, 0.4) is 0 Å². The Hall–Kier alpha value is -5.78. The average Bonchev–Trinajstić information content (AvgIpc) is 3.54. The fraction of sp³-hybridized carbons (Fsp3) is 0.278. The molecule has 0 saturated heterocycles. The number of ketones is 1. The third kappa shape index (κ3) is 8.32. The fourth-order valence-corrected chi connectivity index (χ4v) is 5.18. The Kier molecular flexibility index (Phi) is 10.6. The maximum Gasteiger partial charge on any atom is 0.305 e. The minimum Gasteiger partial charge on any atom is -0.489 e. The molecule has 12 nitrogen and oxygen atoms in total. The molecule has 5 rings (SSSR count). The number of aliphatic carboxylic acids is 1. The van der Waals surface area contributed by atoms with Crippen LogP contribution in [0, 0.1) is 5.92 Å². The quantitative estimate of drug-likeness (QED) is 0.171. The molecule has 2 amide bonds. The van der Waals surface area contributed by atoms with E-state index in [0.29, 0.717) is 22.7 Å². The number of carbonyl (C=O) groups excluding carboxylic acids is 3. The summed E-state index contributed by atoms with van der Waals surface area (Å²) in [7, 11) is 0. The van der Waals surface area contributed by atoms with E-state index in [0.717, 1.165) is 5.39 Å². The molecule has 3 unspecified atom stereocenters. The van der Waals surface area contributed by atoms with Crippen molar-refractivity contribution in [1.29, 1.82) is 0 Å². The summed E-state index contributed by atoms with van der Waals surface area (Å²) in [6, 6.07) is 26.1. The number of benzene rings is 3. The third-order valence-electron chi connectivity index (χ3n) is 7.77. The lowest BCUT2D eigenvalue weighted by Gasteiger charge is -2.28. The summed E-state index contributed by atoms with van der Waals surface area (Å²) in [6.07, 6.45) is -0.802. The van der Waals surface area contributed by atoms with Gasteiger partial charge in [0.05, 0.1) is 23.7 Å². The number of pyridine rings is 1. The Bertz CT molecular complexity index is 1800. The van der Waals surface area contributed by atoms with Crippen molar-refractivity contribution in [1.82, 2.24) is 15.6 Å². The van der Waals surface area contributed by atoms with Gasteiger partial charge in [0.25, 0.3) is 17.4 Å². The highest BCUT2D eigenvalue weighted by molar-refractivity contribution is 6.03. The highest BCUT2D eigenvalue weighted by atomic mass is 16.7. The van der Waals surface area contributed by atoms with Crippen LogP contribution in [0.1, 0.15) is 37.2 Å². The van der Waals surface area contributed by atoms with E-state index in [1.807, 2.05) is 50.2 Å². The van der Waals surface area contributed by atoms with Crippen molar-refractivity contribution in [3.05, 3.63) is 103 Å². The van der Waals surface area contributed by atoms with Crippen LogP contribution in [0.4, 0.5) is 0 Å². The van der Waals surface area contributed by atoms with Crippen molar-refractivity contribution < 1.29 is 38.6 Å². The molecule has 0 saturated carbocycles. The highest BCUT2D eigenvalue weighted by Gasteiger charge is 2.50. The van der Waals surface area contributed by atoms with E-state index in [4.69, 9.17) is 14.3 Å². The van der Waals surface area contributed by atoms with Crippen molar-refractivity contribution in [3.63, 3.8) is 0 Å². The van der Waals surface area contributed by atoms with Crippen LogP contribution in [0.25, 0.3) is 10.9 Å². The van der Waals surface area contributed by atoms with E-state index in [-0.39, 0.29) is 24.6 Å². The SMILES string of the molecule is CC(C)C(NC(=O)c1ccc2ccccc2n1)C1=NOC(COc2ccccc2)(C(=O)NC(CC(=O)O)C(=O)COc2ccccc2)C1. The van der Waals surface area contributed by atoms with E-state index >= 15 is 0 Å². The standard InChI is InChI=1S/C36H36N4O8/c1-23(2)33(39-34(44)28-18-17-24-11-9-10-16-27(24)37-28)30-20-36(48-40-30,22-47-26-14-7-4-8-15-26)35(45)38-29(19-32(42)43)31(41)21-46-25-12-5-3-6-13-25/h3-18,23,29,33H,19-22H2,1-2H3,(H,38,45)(H,39,44)(H,42,43). The molecule has 248 valence electrons. The lowest BCUT2D eigenvalue weighted by Crippen LogP contribution is -2.57. The Morgan fingerprint density at radius 2 is 1.50 bits per heavy atom. The zero-order valence-corrected chi connectivity index (χ0v) is 26.5. The largest absolute Gasteiger partial charge is 0.489 e. The monoisotopic (exact) mass is 652 g/mol. The van der Waals surface area contributed by atoms with Crippen LogP contribution in [0.15, 0.2) is 102 Å². The van der Waals surface area contributed by atoms with Crippen molar-refractivity contribution >= 4 is 40.2 Å². The molecule has 48 heavy (non-hydrogen) atoms. The predicted octanol–water partition coefficient (Wildman–Crippen LogP) is 4.19. The molecule has 3 atom stereocenters. The molecule has 0 bridgehead atoms. The normalized spacial score (nSPS) is 16.7. The summed E-state index contributed by atoms with van der Waals surface area (Å²) in [6.45, 7) is 2.98. The van der Waals surface area contributed by atoms with Crippen LogP contribution in [0.5, 0.6) is 11.5 Å². The number of oxime groups is 1. The van der Waals surface area contributed by atoms with Crippen LogP contribution < -0.4 is 20.1 Å². The van der Waals surface area contributed by atoms with E-state index in [1.54, 1.807) is 60.7 Å². The van der Waals surface area contributed by atoms with Gasteiger partial charge in [-0.15, -0.1) is 0 Å². The van der Waals surface area contributed by atoms with Gasteiger partial charge in [-0.25, -0.2) is 4.98 Å². The molecule has 2 heterocycles. The van der Waals surface area contributed by atoms with Crippen LogP contribution >= 0.6 is 0 Å². The molecule has 3 N–H and O–H groups in total. The van der Waals surface area contributed by atoms with Gasteiger partial charge in [-0.05, 0) is 42.3 Å². The van der Waals surface area contributed by atoms with Crippen LogP contribution in [0.2, 0.25) is 0 Å². The highest BCUT2D eigenvalue weighted by Crippen LogP contribution is 2.29. The first-order valence-corrected chi connectivity index (χ1v) is 15.5. The van der Waals surface area contributed by atoms with Gasteiger partial charge in [0.15, 0.2) is 5.78 Å². The number of nitrogens with one attached hydrogen (secondary N) is 2. The lowest BCUT2D eigenvalue weighted by molar-refractivity contribution is -0.151.